The summed E-state index contributed by atoms with van der Waals surface area (Å²) in [5.41, 5.74) is 0. The normalized spacial score (nSPS) is 19.0. The fourth-order valence-electron chi connectivity index (χ4n) is 0. The molecule has 0 unspecified atom stereocenters. The van der Waals surface area contributed by atoms with Gasteiger partial charge in [-0.05, 0) is 0 Å². The van der Waals surface area contributed by atoms with Crippen molar-refractivity contribution < 1.29 is -1.74 Å². The van der Waals surface area contributed by atoms with E-state index in [-0.39, 0.29) is 0 Å². The Bertz CT molecular complexity index is 85.2. The summed E-state index contributed by atoms with van der Waals surface area (Å²) in [5.74, 6) is 0. The molecule has 0 rings (SSSR count). The van der Waals surface area contributed by atoms with Gasteiger partial charge in [0.05, 0.1) is 0 Å². The summed E-state index contributed by atoms with van der Waals surface area (Å²) in [6.07, 6.45) is 0. The van der Waals surface area contributed by atoms with Crippen molar-refractivity contribution in [1.82, 2.24) is 0 Å². The second kappa shape index (κ2) is 2.83. The Kier molecular flexibility index (Phi) is 4.63. The van der Waals surface area contributed by atoms with Gasteiger partial charge in [0.2, 0.25) is 0 Å². The minimum absolute atomic E-state index is 2.15. The molecule has 0 bridgehead atoms. The monoisotopic (exact) mass is 637 g/mol. The van der Waals surface area contributed by atoms with Crippen LogP contribution in [0.5, 0.6) is 0 Å². The average Bonchev–Trinajstić information content (AvgIpc) is 0.650. The summed E-state index contributed by atoms with van der Waals surface area (Å²) in [6, 6.07) is 0. The van der Waals surface area contributed by atoms with E-state index in [0.29, 0.717) is 0 Å². The van der Waals surface area contributed by atoms with E-state index in [1.165, 1.54) is 0 Å². The van der Waals surface area contributed by atoms with Crippen molar-refractivity contribution in [2.75, 3.05) is 0 Å². The van der Waals surface area contributed by atoms with E-state index in [9.17, 15) is 0 Å². The fraction of sp³-hybridized carbons (Fsp3) is 0. The Hall–Kier alpha value is 3.83. The van der Waals surface area contributed by atoms with Crippen LogP contribution in [-0.2, 0) is -1.74 Å². The fourth-order valence-corrected chi connectivity index (χ4v) is 0. The molecule has 6 heteroatoms. The van der Waals surface area contributed by atoms with Crippen LogP contribution in [0.3, 0.4) is 0 Å². The molecule has 0 saturated heterocycles. The van der Waals surface area contributed by atoms with Gasteiger partial charge in [-0.25, -0.2) is 0 Å². The van der Waals surface area contributed by atoms with Crippen molar-refractivity contribution in [3.05, 3.63) is 0 Å². The predicted octanol–water partition coefficient (Wildman–Crippen LogP) is 4.19. The second-order valence-electron chi connectivity index (χ2n) is 0.602. The van der Waals surface area contributed by atoms with Gasteiger partial charge in [-0.3, -0.25) is 0 Å². The van der Waals surface area contributed by atoms with Gasteiger partial charge < -0.3 is 0 Å². The van der Waals surface area contributed by atoms with Crippen LogP contribution in [0, 0.1) is 0 Å². The van der Waals surface area contributed by atoms with Crippen molar-refractivity contribution in [1.29, 1.82) is 0 Å². The summed E-state index contributed by atoms with van der Waals surface area (Å²) < 4.78 is -2.15. The molecule has 0 aromatic heterocycles. The number of hydrogen-bond acceptors (Lipinski definition) is 1. The zero-order valence-electron chi connectivity index (χ0n) is 2.33. The first-order valence-electron chi connectivity index (χ1n) is 0.784. The van der Waals surface area contributed by atoms with E-state index in [1.807, 2.05) is 0 Å². The molecule has 0 nitrogen and oxygen atoms in total. The molecule has 0 spiro atoms. The Labute approximate surface area is 82.6 Å². The van der Waals surface area contributed by atoms with Crippen LogP contribution in [0.4, 0.5) is 0 Å². The molecule has 0 aliphatic rings. The first-order chi connectivity index (χ1) is 2.24. The Balaban J connectivity index is 4.16. The molecule has 0 aromatic rings. The van der Waals surface area contributed by atoms with Crippen LogP contribution in [-0.4, -0.2) is 0 Å². The Morgan fingerprint density at radius 2 is 1.00 bits per heavy atom. The molecule has 0 aliphatic heterocycles. The maximum absolute atomic E-state index is 5.17. The molecule has 0 heterocycles. The van der Waals surface area contributed by atoms with Crippen LogP contribution < -0.4 is 0 Å². The summed E-state index contributed by atoms with van der Waals surface area (Å²) in [6.45, 7) is 0. The van der Waals surface area contributed by atoms with E-state index < -0.39 is -1.74 Å². The van der Waals surface area contributed by atoms with Gasteiger partial charge in [0.25, 0.3) is 0 Å². The van der Waals surface area contributed by atoms with Crippen LogP contribution in [0.15, 0.2) is 0 Å². The summed E-state index contributed by atoms with van der Waals surface area (Å²) in [4.78, 5) is 0. The van der Waals surface area contributed by atoms with Crippen molar-refractivity contribution in [2.45, 2.75) is 0 Å². The zero-order chi connectivity index (χ0) is 5.45. The summed E-state index contributed by atoms with van der Waals surface area (Å²) in [5, 5.41) is 0. The van der Waals surface area contributed by atoms with Crippen LogP contribution in [0.1, 0.15) is 0 Å². The van der Waals surface area contributed by atoms with Crippen LogP contribution >= 0.6 is 87.2 Å². The molecule has 0 aliphatic carbocycles. The van der Waals surface area contributed by atoms with Crippen molar-refractivity contribution in [3.8, 4) is 0 Å². The van der Waals surface area contributed by atoms with Gasteiger partial charge in [-0.15, -0.1) is 0 Å². The maximum atomic E-state index is 5.17. The van der Waals surface area contributed by atoms with Crippen molar-refractivity contribution >= 4 is 87.2 Å². The van der Waals surface area contributed by atoms with E-state index in [2.05, 4.69) is 77.4 Å². The molecule has 0 N–H and O–H groups in total. The van der Waals surface area contributed by atoms with Crippen LogP contribution in [0.25, 0.3) is 0 Å². The molecule has 0 atom stereocenters. The molecular formula is I4MoS. The van der Waals surface area contributed by atoms with Gasteiger partial charge in [-0.1, -0.05) is 0 Å². The molecule has 0 radical (unpaired) electrons. The van der Waals surface area contributed by atoms with E-state index in [0.717, 1.165) is 0 Å². The van der Waals surface area contributed by atoms with Gasteiger partial charge in [0.1, 0.15) is 0 Å². The van der Waals surface area contributed by atoms with E-state index >= 15 is 0 Å². The molecule has 6 heavy (non-hydrogen) atoms. The van der Waals surface area contributed by atoms with Gasteiger partial charge in [0.15, 0.2) is 0 Å². The van der Waals surface area contributed by atoms with Gasteiger partial charge in [-0.2, -0.15) is 0 Å². The summed E-state index contributed by atoms with van der Waals surface area (Å²) >= 11 is 9.52. The Morgan fingerprint density at radius 3 is 1.00 bits per heavy atom. The Morgan fingerprint density at radius 1 is 1.00 bits per heavy atom. The third-order valence-corrected chi connectivity index (χ3v) is 0. The van der Waals surface area contributed by atoms with E-state index in [1.54, 1.807) is 0 Å². The average molecular weight is 636 g/mol. The quantitative estimate of drug-likeness (QED) is 0.285. The summed E-state index contributed by atoms with van der Waals surface area (Å²) in [7, 11) is 5.17. The minimum atomic E-state index is -2.15. The first-order valence-corrected chi connectivity index (χ1v) is 27.5. The molecule has 0 amide bonds. The third kappa shape index (κ3) is 24.9. The topological polar surface area (TPSA) is 0 Å². The number of hydrogen-bond donors (Lipinski definition) is 0. The number of halogens is 4. The molecule has 0 saturated carbocycles. The van der Waals surface area contributed by atoms with Crippen molar-refractivity contribution in [2.24, 2.45) is 0 Å². The second-order valence-corrected chi connectivity index (χ2v) is 123. The van der Waals surface area contributed by atoms with Crippen molar-refractivity contribution in [3.63, 3.8) is 0 Å². The van der Waals surface area contributed by atoms with Gasteiger partial charge >= 0.3 is 85.5 Å². The first kappa shape index (κ1) is 9.83. The van der Waals surface area contributed by atoms with Gasteiger partial charge in [0, 0.05) is 0 Å². The molecular weight excluding hydrogens is 636 g/mol. The predicted molar refractivity (Wildman–Crippen MR) is 63.7 cm³/mol. The molecule has 40 valence electrons. The molecule has 0 fully saturated rings. The number of rotatable bonds is 0. The third-order valence-electron chi connectivity index (χ3n) is 0. The zero-order valence-corrected chi connectivity index (χ0v) is 13.8. The van der Waals surface area contributed by atoms with Crippen LogP contribution in [0.2, 0.25) is 0 Å². The molecule has 0 aromatic carbocycles. The standard InChI is InChI=1S/4HI.Mo.S/h4*1H;;/q;;;;+4;/p-4. The SMILES string of the molecule is [S]=[Mo]([I])([I])([I])[I]. The van der Waals surface area contributed by atoms with E-state index in [4.69, 9.17) is 9.82 Å².